The number of carboxylic acids is 1. The Bertz CT molecular complexity index is 378. The standard InChI is InChI=1S/C12H20N2O4/c1-5-13-9(15)7-8(10(13)16)14(6-2)12(3,4)11(17)18/h8H,5-7H2,1-4H3,(H,17,18). The van der Waals surface area contributed by atoms with Crippen LogP contribution in [0, 0.1) is 0 Å². The van der Waals surface area contributed by atoms with E-state index in [9.17, 15) is 19.5 Å². The van der Waals surface area contributed by atoms with E-state index in [1.54, 1.807) is 32.6 Å². The fraction of sp³-hybridized carbons (Fsp3) is 0.750. The summed E-state index contributed by atoms with van der Waals surface area (Å²) in [6.07, 6.45) is 0.0667. The van der Waals surface area contributed by atoms with E-state index in [1.165, 1.54) is 4.90 Å². The first-order valence-electron chi connectivity index (χ1n) is 6.11. The Kier molecular flexibility index (Phi) is 4.11. The summed E-state index contributed by atoms with van der Waals surface area (Å²) < 4.78 is 0. The minimum Gasteiger partial charge on any atom is -0.480 e. The van der Waals surface area contributed by atoms with Gasteiger partial charge in [0.2, 0.25) is 11.8 Å². The SMILES string of the molecule is CCN1C(=O)CC(N(CC)C(C)(C)C(=O)O)C1=O. The molecule has 2 amide bonds. The Morgan fingerprint density at radius 2 is 2.00 bits per heavy atom. The zero-order valence-corrected chi connectivity index (χ0v) is 11.3. The molecule has 6 heteroatoms. The lowest BCUT2D eigenvalue weighted by Crippen LogP contribution is -2.56. The van der Waals surface area contributed by atoms with E-state index < -0.39 is 17.6 Å². The highest BCUT2D eigenvalue weighted by Gasteiger charge is 2.47. The van der Waals surface area contributed by atoms with Crippen LogP contribution >= 0.6 is 0 Å². The quantitative estimate of drug-likeness (QED) is 0.717. The first-order valence-corrected chi connectivity index (χ1v) is 6.11. The van der Waals surface area contributed by atoms with Crippen LogP contribution in [-0.4, -0.2) is 57.4 Å². The maximum atomic E-state index is 12.1. The van der Waals surface area contributed by atoms with Crippen LogP contribution in [-0.2, 0) is 14.4 Å². The third kappa shape index (κ3) is 2.25. The number of amides is 2. The van der Waals surface area contributed by atoms with Gasteiger partial charge in [-0.15, -0.1) is 0 Å². The average molecular weight is 256 g/mol. The van der Waals surface area contributed by atoms with Crippen molar-refractivity contribution in [1.29, 1.82) is 0 Å². The number of carbonyl (C=O) groups is 3. The fourth-order valence-electron chi connectivity index (χ4n) is 2.37. The van der Waals surface area contributed by atoms with E-state index in [2.05, 4.69) is 0 Å². The number of carboxylic acid groups (broad SMARTS) is 1. The lowest BCUT2D eigenvalue weighted by Gasteiger charge is -2.37. The van der Waals surface area contributed by atoms with Crippen molar-refractivity contribution >= 4 is 17.8 Å². The molecule has 0 saturated carbocycles. The largest absolute Gasteiger partial charge is 0.480 e. The third-order valence-corrected chi connectivity index (χ3v) is 3.49. The van der Waals surface area contributed by atoms with Crippen LogP contribution in [0.3, 0.4) is 0 Å². The second kappa shape index (κ2) is 5.06. The molecule has 0 radical (unpaired) electrons. The lowest BCUT2D eigenvalue weighted by molar-refractivity contribution is -0.152. The molecule has 0 spiro atoms. The van der Waals surface area contributed by atoms with Crippen molar-refractivity contribution in [2.45, 2.75) is 45.7 Å². The highest BCUT2D eigenvalue weighted by Crippen LogP contribution is 2.25. The van der Waals surface area contributed by atoms with Crippen LogP contribution in [0.1, 0.15) is 34.1 Å². The van der Waals surface area contributed by atoms with Gasteiger partial charge in [0.15, 0.2) is 0 Å². The molecule has 0 aliphatic carbocycles. The van der Waals surface area contributed by atoms with Crippen molar-refractivity contribution in [2.75, 3.05) is 13.1 Å². The normalized spacial score (nSPS) is 20.9. The number of imide groups is 1. The van der Waals surface area contributed by atoms with Crippen molar-refractivity contribution in [3.63, 3.8) is 0 Å². The van der Waals surface area contributed by atoms with E-state index in [0.717, 1.165) is 0 Å². The van der Waals surface area contributed by atoms with Crippen LogP contribution < -0.4 is 0 Å². The van der Waals surface area contributed by atoms with Gasteiger partial charge in [0.25, 0.3) is 0 Å². The first-order chi connectivity index (χ1) is 8.27. The monoisotopic (exact) mass is 256 g/mol. The molecule has 0 aromatic carbocycles. The smallest absolute Gasteiger partial charge is 0.323 e. The highest BCUT2D eigenvalue weighted by molar-refractivity contribution is 6.05. The molecule has 1 saturated heterocycles. The Labute approximate surface area is 107 Å². The molecule has 102 valence electrons. The molecule has 1 rings (SSSR count). The molecule has 1 atom stereocenters. The highest BCUT2D eigenvalue weighted by atomic mass is 16.4. The molecule has 1 fully saturated rings. The molecule has 1 unspecified atom stereocenters. The van der Waals surface area contributed by atoms with E-state index in [1.807, 2.05) is 0 Å². The first kappa shape index (κ1) is 14.6. The molecule has 0 aromatic heterocycles. The molecule has 1 aliphatic rings. The predicted molar refractivity (Wildman–Crippen MR) is 64.9 cm³/mol. The number of hydrogen-bond acceptors (Lipinski definition) is 4. The summed E-state index contributed by atoms with van der Waals surface area (Å²) in [5.74, 6) is -1.52. The van der Waals surface area contributed by atoms with Gasteiger partial charge >= 0.3 is 5.97 Å². The summed E-state index contributed by atoms with van der Waals surface area (Å²) in [7, 11) is 0. The Hall–Kier alpha value is -1.43. The van der Waals surface area contributed by atoms with E-state index >= 15 is 0 Å². The number of hydrogen-bond donors (Lipinski definition) is 1. The van der Waals surface area contributed by atoms with Gasteiger partial charge in [-0.05, 0) is 27.3 Å². The fourth-order valence-corrected chi connectivity index (χ4v) is 2.37. The van der Waals surface area contributed by atoms with Crippen molar-refractivity contribution in [3.8, 4) is 0 Å². The zero-order valence-electron chi connectivity index (χ0n) is 11.3. The van der Waals surface area contributed by atoms with Crippen molar-refractivity contribution in [1.82, 2.24) is 9.80 Å². The van der Waals surface area contributed by atoms with E-state index in [0.29, 0.717) is 13.1 Å². The number of likely N-dealkylation sites (N-methyl/N-ethyl adjacent to an activating group) is 2. The lowest BCUT2D eigenvalue weighted by atomic mass is 9.99. The number of likely N-dealkylation sites (tertiary alicyclic amines) is 1. The molecular weight excluding hydrogens is 236 g/mol. The second-order valence-corrected chi connectivity index (χ2v) is 4.85. The maximum Gasteiger partial charge on any atom is 0.323 e. The predicted octanol–water partition coefficient (Wildman–Crippen LogP) is 0.319. The minimum atomic E-state index is -1.17. The van der Waals surface area contributed by atoms with Crippen LogP contribution in [0.25, 0.3) is 0 Å². The Morgan fingerprint density at radius 3 is 2.33 bits per heavy atom. The summed E-state index contributed by atoms with van der Waals surface area (Å²) in [5.41, 5.74) is -1.17. The minimum absolute atomic E-state index is 0.0667. The Morgan fingerprint density at radius 1 is 1.44 bits per heavy atom. The number of carbonyl (C=O) groups excluding carboxylic acids is 2. The van der Waals surface area contributed by atoms with Gasteiger partial charge in [0, 0.05) is 6.54 Å². The Balaban J connectivity index is 3.02. The molecule has 6 nitrogen and oxygen atoms in total. The summed E-state index contributed by atoms with van der Waals surface area (Å²) in [6.45, 7) is 7.35. The van der Waals surface area contributed by atoms with Gasteiger partial charge in [-0.3, -0.25) is 24.2 Å². The topological polar surface area (TPSA) is 77.9 Å². The maximum absolute atomic E-state index is 12.1. The van der Waals surface area contributed by atoms with Gasteiger partial charge in [-0.1, -0.05) is 6.92 Å². The molecule has 1 aliphatic heterocycles. The van der Waals surface area contributed by atoms with E-state index in [-0.39, 0.29) is 18.2 Å². The molecular formula is C12H20N2O4. The summed E-state index contributed by atoms with van der Waals surface area (Å²) in [4.78, 5) is 37.8. The molecule has 1 heterocycles. The summed E-state index contributed by atoms with van der Waals surface area (Å²) in [6, 6.07) is -0.659. The van der Waals surface area contributed by atoms with Crippen LogP contribution in [0.5, 0.6) is 0 Å². The second-order valence-electron chi connectivity index (χ2n) is 4.85. The van der Waals surface area contributed by atoms with Crippen molar-refractivity contribution in [3.05, 3.63) is 0 Å². The molecule has 18 heavy (non-hydrogen) atoms. The zero-order chi connectivity index (χ0) is 14.1. The third-order valence-electron chi connectivity index (χ3n) is 3.49. The molecule has 0 bridgehead atoms. The number of nitrogens with zero attached hydrogens (tertiary/aromatic N) is 2. The average Bonchev–Trinajstić information content (AvgIpc) is 2.54. The van der Waals surface area contributed by atoms with Crippen molar-refractivity contribution < 1.29 is 19.5 Å². The van der Waals surface area contributed by atoms with Gasteiger partial charge in [-0.2, -0.15) is 0 Å². The molecule has 0 aromatic rings. The van der Waals surface area contributed by atoms with Gasteiger partial charge in [0.1, 0.15) is 5.54 Å². The van der Waals surface area contributed by atoms with Gasteiger partial charge < -0.3 is 5.11 Å². The van der Waals surface area contributed by atoms with Crippen LogP contribution in [0.4, 0.5) is 0 Å². The van der Waals surface area contributed by atoms with Crippen molar-refractivity contribution in [2.24, 2.45) is 0 Å². The molecule has 1 N–H and O–H groups in total. The van der Waals surface area contributed by atoms with Gasteiger partial charge in [-0.25, -0.2) is 0 Å². The van der Waals surface area contributed by atoms with Crippen LogP contribution in [0.2, 0.25) is 0 Å². The number of aliphatic carboxylic acids is 1. The number of rotatable bonds is 5. The summed E-state index contributed by atoms with van der Waals surface area (Å²) >= 11 is 0. The summed E-state index contributed by atoms with van der Waals surface area (Å²) in [5, 5.41) is 9.23. The van der Waals surface area contributed by atoms with E-state index in [4.69, 9.17) is 0 Å². The van der Waals surface area contributed by atoms with Crippen LogP contribution in [0.15, 0.2) is 0 Å². The van der Waals surface area contributed by atoms with Gasteiger partial charge in [0.05, 0.1) is 12.5 Å².